The molecule has 1 aliphatic heterocycles. The van der Waals surface area contributed by atoms with Crippen LogP contribution < -0.4 is 10.5 Å². The van der Waals surface area contributed by atoms with Gasteiger partial charge in [0.05, 0.1) is 17.9 Å². The van der Waals surface area contributed by atoms with Crippen LogP contribution in [0.4, 0.5) is 19.0 Å². The van der Waals surface area contributed by atoms with Gasteiger partial charge in [-0.1, -0.05) is 0 Å². The molecule has 0 bridgehead atoms. The Morgan fingerprint density at radius 1 is 1.33 bits per heavy atom. The molecule has 0 aromatic carbocycles. The van der Waals surface area contributed by atoms with Crippen molar-refractivity contribution in [3.8, 4) is 17.0 Å². The number of nitrogens with zero attached hydrogens (tertiary/aromatic N) is 4. The third-order valence-electron chi connectivity index (χ3n) is 4.80. The Morgan fingerprint density at radius 3 is 2.70 bits per heavy atom. The van der Waals surface area contributed by atoms with E-state index in [0.717, 1.165) is 24.4 Å². The Morgan fingerprint density at radius 2 is 2.07 bits per heavy atom. The standard InChI is InChI=1S/C17H18F3N5O2/c1-9(26)24-4-5-25-12(8-24)14(23-16(25)10-2-3-10)11-6-13(15(21)22-7-11)27-17(18,19)20/h6-7,10H,2-5,8H2,1H3,(H2,21,22). The third-order valence-corrected chi connectivity index (χ3v) is 4.80. The highest BCUT2D eigenvalue weighted by molar-refractivity contribution is 5.74. The molecule has 0 atom stereocenters. The summed E-state index contributed by atoms with van der Waals surface area (Å²) in [6.07, 6.45) is -1.42. The summed E-state index contributed by atoms with van der Waals surface area (Å²) in [7, 11) is 0. The van der Waals surface area contributed by atoms with Crippen molar-refractivity contribution in [1.82, 2.24) is 19.4 Å². The largest absolute Gasteiger partial charge is 0.573 e. The van der Waals surface area contributed by atoms with Crippen LogP contribution in [0.15, 0.2) is 12.3 Å². The monoisotopic (exact) mass is 381 g/mol. The molecule has 1 amide bonds. The van der Waals surface area contributed by atoms with Crippen LogP contribution in [0.5, 0.6) is 5.75 Å². The summed E-state index contributed by atoms with van der Waals surface area (Å²) in [5.41, 5.74) is 7.21. The Labute approximate surface area is 152 Å². The molecule has 10 heteroatoms. The lowest BCUT2D eigenvalue weighted by Gasteiger charge is -2.28. The SMILES string of the molecule is CC(=O)N1CCn2c(C3CC3)nc(-c3cnc(N)c(OC(F)(F)F)c3)c2C1. The lowest BCUT2D eigenvalue weighted by Crippen LogP contribution is -2.37. The molecular weight excluding hydrogens is 363 g/mol. The Balaban J connectivity index is 1.78. The van der Waals surface area contributed by atoms with Crippen molar-refractivity contribution >= 4 is 11.7 Å². The van der Waals surface area contributed by atoms with E-state index < -0.39 is 12.1 Å². The van der Waals surface area contributed by atoms with E-state index >= 15 is 0 Å². The molecule has 7 nitrogen and oxygen atoms in total. The third kappa shape index (κ3) is 3.43. The predicted octanol–water partition coefficient (Wildman–Crippen LogP) is 2.67. The van der Waals surface area contributed by atoms with Crippen molar-refractivity contribution < 1.29 is 22.7 Å². The molecule has 2 N–H and O–H groups in total. The zero-order chi connectivity index (χ0) is 19.3. The maximum atomic E-state index is 12.6. The molecule has 0 unspecified atom stereocenters. The molecule has 1 saturated carbocycles. The lowest BCUT2D eigenvalue weighted by atomic mass is 10.1. The molecule has 2 aliphatic rings. The number of hydrogen-bond donors (Lipinski definition) is 1. The number of rotatable bonds is 3. The number of carbonyl (C=O) groups is 1. The number of hydrogen-bond acceptors (Lipinski definition) is 5. The van der Waals surface area contributed by atoms with Gasteiger partial charge in [-0.15, -0.1) is 13.2 Å². The van der Waals surface area contributed by atoms with E-state index in [1.165, 1.54) is 19.2 Å². The van der Waals surface area contributed by atoms with E-state index in [1.54, 1.807) is 4.90 Å². The van der Waals surface area contributed by atoms with E-state index in [-0.39, 0.29) is 11.7 Å². The molecule has 0 spiro atoms. The van der Waals surface area contributed by atoms with Crippen molar-refractivity contribution in [2.24, 2.45) is 0 Å². The van der Waals surface area contributed by atoms with Crippen molar-refractivity contribution in [2.75, 3.05) is 12.3 Å². The van der Waals surface area contributed by atoms with Crippen LogP contribution in [0.1, 0.15) is 37.2 Å². The topological polar surface area (TPSA) is 86.3 Å². The number of imidazole rings is 1. The quantitative estimate of drug-likeness (QED) is 0.883. The van der Waals surface area contributed by atoms with Crippen molar-refractivity contribution in [3.63, 3.8) is 0 Å². The molecule has 1 aliphatic carbocycles. The van der Waals surface area contributed by atoms with Gasteiger partial charge in [0.2, 0.25) is 5.91 Å². The number of nitrogen functional groups attached to an aromatic ring is 1. The number of pyridine rings is 1. The summed E-state index contributed by atoms with van der Waals surface area (Å²) >= 11 is 0. The highest BCUT2D eigenvalue weighted by Gasteiger charge is 2.35. The molecular formula is C17H18F3N5O2. The number of amides is 1. The molecule has 2 aromatic heterocycles. The first-order valence-corrected chi connectivity index (χ1v) is 8.59. The number of ether oxygens (including phenoxy) is 1. The van der Waals surface area contributed by atoms with Gasteiger partial charge in [-0.05, 0) is 18.9 Å². The number of anilines is 1. The first-order valence-electron chi connectivity index (χ1n) is 8.59. The smallest absolute Gasteiger partial charge is 0.402 e. The van der Waals surface area contributed by atoms with Gasteiger partial charge >= 0.3 is 6.36 Å². The second-order valence-corrected chi connectivity index (χ2v) is 6.79. The molecule has 4 rings (SSSR count). The fourth-order valence-electron chi connectivity index (χ4n) is 3.34. The predicted molar refractivity (Wildman–Crippen MR) is 89.6 cm³/mol. The fraction of sp³-hybridized carbons (Fsp3) is 0.471. The van der Waals surface area contributed by atoms with E-state index in [2.05, 4.69) is 14.3 Å². The average Bonchev–Trinajstić information content (AvgIpc) is 3.36. The average molecular weight is 381 g/mol. The summed E-state index contributed by atoms with van der Waals surface area (Å²) < 4.78 is 43.9. The first-order chi connectivity index (χ1) is 12.7. The number of nitrogens with two attached hydrogens (primary N) is 1. The van der Waals surface area contributed by atoms with Gasteiger partial charge in [0.15, 0.2) is 11.6 Å². The summed E-state index contributed by atoms with van der Waals surface area (Å²) in [5, 5.41) is 0. The zero-order valence-corrected chi connectivity index (χ0v) is 14.6. The van der Waals surface area contributed by atoms with Crippen LogP contribution in [0.3, 0.4) is 0 Å². The first kappa shape index (κ1) is 17.6. The number of halogens is 3. The van der Waals surface area contributed by atoms with Crippen molar-refractivity contribution in [1.29, 1.82) is 0 Å². The molecule has 27 heavy (non-hydrogen) atoms. The second kappa shape index (κ2) is 6.14. The summed E-state index contributed by atoms with van der Waals surface area (Å²) in [5.74, 6) is 0.302. The van der Waals surface area contributed by atoms with Crippen LogP contribution in [0.2, 0.25) is 0 Å². The van der Waals surface area contributed by atoms with Crippen LogP contribution in [0.25, 0.3) is 11.3 Å². The fourth-order valence-corrected chi connectivity index (χ4v) is 3.34. The van der Waals surface area contributed by atoms with Crippen molar-refractivity contribution in [2.45, 2.75) is 45.1 Å². The van der Waals surface area contributed by atoms with Crippen LogP contribution in [-0.4, -0.2) is 38.2 Å². The molecule has 1 fully saturated rings. The maximum absolute atomic E-state index is 12.6. The number of alkyl halides is 3. The minimum atomic E-state index is -4.87. The van der Waals surface area contributed by atoms with E-state index in [4.69, 9.17) is 10.7 Å². The van der Waals surface area contributed by atoms with E-state index in [1.807, 2.05) is 0 Å². The molecule has 0 saturated heterocycles. The van der Waals surface area contributed by atoms with Gasteiger partial charge in [-0.3, -0.25) is 4.79 Å². The van der Waals surface area contributed by atoms with Crippen molar-refractivity contribution in [3.05, 3.63) is 23.8 Å². The minimum absolute atomic E-state index is 0.0575. The van der Waals surface area contributed by atoms with Gasteiger partial charge in [0.1, 0.15) is 5.82 Å². The zero-order valence-electron chi connectivity index (χ0n) is 14.6. The maximum Gasteiger partial charge on any atom is 0.573 e. The highest BCUT2D eigenvalue weighted by atomic mass is 19.4. The van der Waals surface area contributed by atoms with Crippen LogP contribution in [-0.2, 0) is 17.9 Å². The number of aromatic nitrogens is 3. The lowest BCUT2D eigenvalue weighted by molar-refractivity contribution is -0.274. The van der Waals surface area contributed by atoms with Crippen LogP contribution in [0, 0.1) is 0 Å². The van der Waals surface area contributed by atoms with Gasteiger partial charge < -0.3 is 19.9 Å². The highest BCUT2D eigenvalue weighted by Crippen LogP contribution is 2.43. The minimum Gasteiger partial charge on any atom is -0.402 e. The van der Waals surface area contributed by atoms with Gasteiger partial charge in [0.25, 0.3) is 0 Å². The Kier molecular flexibility index (Phi) is 4.01. The van der Waals surface area contributed by atoms with Gasteiger partial charge in [-0.2, -0.15) is 0 Å². The summed E-state index contributed by atoms with van der Waals surface area (Å²) in [6.45, 7) is 3.04. The van der Waals surface area contributed by atoms with E-state index in [9.17, 15) is 18.0 Å². The normalized spacial score (nSPS) is 17.0. The number of fused-ring (bicyclic) bond motifs is 1. The molecule has 144 valence electrons. The number of carbonyl (C=O) groups excluding carboxylic acids is 1. The Hall–Kier alpha value is -2.78. The van der Waals surface area contributed by atoms with Gasteiger partial charge in [-0.25, -0.2) is 9.97 Å². The van der Waals surface area contributed by atoms with Crippen LogP contribution >= 0.6 is 0 Å². The molecule has 3 heterocycles. The summed E-state index contributed by atoms with van der Waals surface area (Å²) in [4.78, 5) is 22.0. The Bertz CT molecular complexity index is 905. The van der Waals surface area contributed by atoms with E-state index in [0.29, 0.717) is 36.8 Å². The summed E-state index contributed by atoms with van der Waals surface area (Å²) in [6, 6.07) is 1.20. The second-order valence-electron chi connectivity index (χ2n) is 6.79. The van der Waals surface area contributed by atoms with Gasteiger partial charge in [0, 0.05) is 37.7 Å². The molecule has 0 radical (unpaired) electrons. The molecule has 2 aromatic rings.